The van der Waals surface area contributed by atoms with E-state index in [1.54, 1.807) is 6.20 Å². The van der Waals surface area contributed by atoms with Crippen molar-refractivity contribution in [1.82, 2.24) is 19.9 Å². The fourth-order valence-corrected chi connectivity index (χ4v) is 2.84. The van der Waals surface area contributed by atoms with Gasteiger partial charge >= 0.3 is 0 Å². The number of anilines is 1. The van der Waals surface area contributed by atoms with Crippen molar-refractivity contribution in [2.75, 3.05) is 18.6 Å². The average Bonchev–Trinajstić information content (AvgIpc) is 3.04. The number of aromatic amines is 1. The van der Waals surface area contributed by atoms with Gasteiger partial charge in [-0.05, 0) is 18.9 Å². The number of rotatable bonds is 4. The standard InChI is InChI=1S/C16H21N5O2/c1-10(2)14-17-7-6-13(19-14)21-8-4-5-11(21)15-18-9-12(23-3)16(22)20-15/h6-7,9-11H,4-5,8H2,1-3H3,(H,18,20,22). The summed E-state index contributed by atoms with van der Waals surface area (Å²) in [5, 5.41) is 0. The Balaban J connectivity index is 1.93. The topological polar surface area (TPSA) is 84.0 Å². The largest absolute Gasteiger partial charge is 0.490 e. The number of nitrogens with zero attached hydrogens (tertiary/aromatic N) is 4. The van der Waals surface area contributed by atoms with Gasteiger partial charge in [-0.1, -0.05) is 13.8 Å². The molecule has 1 aliphatic rings. The van der Waals surface area contributed by atoms with Crippen LogP contribution >= 0.6 is 0 Å². The molecule has 1 N–H and O–H groups in total. The first-order valence-corrected chi connectivity index (χ1v) is 7.83. The minimum absolute atomic E-state index is 0.0171. The van der Waals surface area contributed by atoms with Gasteiger partial charge in [0.05, 0.1) is 19.3 Å². The third kappa shape index (κ3) is 3.04. The van der Waals surface area contributed by atoms with E-state index in [1.807, 2.05) is 6.07 Å². The Labute approximate surface area is 134 Å². The summed E-state index contributed by atoms with van der Waals surface area (Å²) >= 11 is 0. The quantitative estimate of drug-likeness (QED) is 0.929. The molecule has 122 valence electrons. The van der Waals surface area contributed by atoms with Crippen molar-refractivity contribution in [2.24, 2.45) is 0 Å². The lowest BCUT2D eigenvalue weighted by Gasteiger charge is -2.25. The van der Waals surface area contributed by atoms with Crippen LogP contribution in [0, 0.1) is 0 Å². The van der Waals surface area contributed by atoms with Crippen LogP contribution in [0.25, 0.3) is 0 Å². The third-order valence-corrected chi connectivity index (χ3v) is 4.04. The van der Waals surface area contributed by atoms with Crippen LogP contribution in [0.5, 0.6) is 5.75 Å². The van der Waals surface area contributed by atoms with Crippen LogP contribution in [-0.2, 0) is 0 Å². The summed E-state index contributed by atoms with van der Waals surface area (Å²) in [6.45, 7) is 5.03. The van der Waals surface area contributed by atoms with Gasteiger partial charge in [0.1, 0.15) is 17.5 Å². The lowest BCUT2D eigenvalue weighted by atomic mass is 10.2. The van der Waals surface area contributed by atoms with Crippen molar-refractivity contribution < 1.29 is 4.74 Å². The van der Waals surface area contributed by atoms with Crippen LogP contribution in [-0.4, -0.2) is 33.6 Å². The van der Waals surface area contributed by atoms with Crippen molar-refractivity contribution in [3.63, 3.8) is 0 Å². The van der Waals surface area contributed by atoms with Crippen LogP contribution in [0.4, 0.5) is 5.82 Å². The highest BCUT2D eigenvalue weighted by molar-refractivity contribution is 5.41. The van der Waals surface area contributed by atoms with E-state index in [0.717, 1.165) is 31.0 Å². The maximum absolute atomic E-state index is 11.9. The molecule has 1 fully saturated rings. The molecule has 7 nitrogen and oxygen atoms in total. The molecule has 1 unspecified atom stereocenters. The maximum atomic E-state index is 11.9. The minimum Gasteiger partial charge on any atom is -0.490 e. The maximum Gasteiger partial charge on any atom is 0.293 e. The monoisotopic (exact) mass is 315 g/mol. The summed E-state index contributed by atoms with van der Waals surface area (Å²) in [7, 11) is 1.46. The second kappa shape index (κ2) is 6.36. The van der Waals surface area contributed by atoms with Gasteiger partial charge in [0.2, 0.25) is 5.75 Å². The van der Waals surface area contributed by atoms with E-state index in [1.165, 1.54) is 13.3 Å². The zero-order chi connectivity index (χ0) is 16.4. The number of nitrogens with one attached hydrogen (secondary N) is 1. The summed E-state index contributed by atoms with van der Waals surface area (Å²) in [6.07, 6.45) is 5.22. The van der Waals surface area contributed by atoms with Crippen LogP contribution < -0.4 is 15.2 Å². The molecule has 0 saturated carbocycles. The molecule has 0 aromatic carbocycles. The molecule has 3 heterocycles. The van der Waals surface area contributed by atoms with Crippen LogP contribution in [0.2, 0.25) is 0 Å². The SMILES string of the molecule is COc1cnc(C2CCCN2c2ccnc(C(C)C)n2)[nH]c1=O. The molecular weight excluding hydrogens is 294 g/mol. The van der Waals surface area contributed by atoms with E-state index in [9.17, 15) is 4.79 Å². The smallest absolute Gasteiger partial charge is 0.293 e. The Morgan fingerprint density at radius 1 is 1.39 bits per heavy atom. The molecule has 3 rings (SSSR count). The van der Waals surface area contributed by atoms with Crippen molar-refractivity contribution in [3.8, 4) is 5.75 Å². The summed E-state index contributed by atoms with van der Waals surface area (Å²) in [4.78, 5) is 30.3. The van der Waals surface area contributed by atoms with E-state index < -0.39 is 0 Å². The summed E-state index contributed by atoms with van der Waals surface area (Å²) < 4.78 is 4.98. The molecule has 1 saturated heterocycles. The van der Waals surface area contributed by atoms with Gasteiger partial charge in [0, 0.05) is 18.7 Å². The van der Waals surface area contributed by atoms with Gasteiger partial charge < -0.3 is 14.6 Å². The van der Waals surface area contributed by atoms with Gasteiger partial charge in [-0.25, -0.2) is 15.0 Å². The molecule has 0 spiro atoms. The Kier molecular flexibility index (Phi) is 4.27. The Hall–Kier alpha value is -2.44. The van der Waals surface area contributed by atoms with Gasteiger partial charge in [-0.15, -0.1) is 0 Å². The Morgan fingerprint density at radius 3 is 2.91 bits per heavy atom. The second-order valence-electron chi connectivity index (χ2n) is 5.95. The number of ether oxygens (including phenoxy) is 1. The first kappa shape index (κ1) is 15.5. The predicted molar refractivity (Wildman–Crippen MR) is 86.9 cm³/mol. The Bertz CT molecular complexity index is 743. The second-order valence-corrected chi connectivity index (χ2v) is 5.95. The van der Waals surface area contributed by atoms with E-state index in [4.69, 9.17) is 4.74 Å². The molecule has 1 atom stereocenters. The molecular formula is C16H21N5O2. The van der Waals surface area contributed by atoms with Crippen LogP contribution in [0.3, 0.4) is 0 Å². The zero-order valence-electron chi connectivity index (χ0n) is 13.6. The molecule has 0 radical (unpaired) electrons. The molecule has 0 amide bonds. The minimum atomic E-state index is -0.255. The van der Waals surface area contributed by atoms with E-state index >= 15 is 0 Å². The van der Waals surface area contributed by atoms with Gasteiger partial charge in [-0.3, -0.25) is 4.79 Å². The van der Waals surface area contributed by atoms with E-state index in [2.05, 4.69) is 38.7 Å². The molecule has 2 aromatic heterocycles. The third-order valence-electron chi connectivity index (χ3n) is 4.04. The Morgan fingerprint density at radius 2 is 2.22 bits per heavy atom. The van der Waals surface area contributed by atoms with Crippen LogP contribution in [0.1, 0.15) is 50.3 Å². The summed E-state index contributed by atoms with van der Waals surface area (Å²) in [5.74, 6) is 2.85. The molecule has 1 aliphatic heterocycles. The first-order chi connectivity index (χ1) is 11.1. The zero-order valence-corrected chi connectivity index (χ0v) is 13.6. The molecule has 7 heteroatoms. The molecule has 0 bridgehead atoms. The van der Waals surface area contributed by atoms with Gasteiger partial charge in [-0.2, -0.15) is 0 Å². The lowest BCUT2D eigenvalue weighted by molar-refractivity contribution is 0.404. The lowest BCUT2D eigenvalue weighted by Crippen LogP contribution is -2.27. The molecule has 23 heavy (non-hydrogen) atoms. The summed E-state index contributed by atoms with van der Waals surface area (Å²) in [5.41, 5.74) is -0.255. The van der Waals surface area contributed by atoms with Crippen molar-refractivity contribution in [3.05, 3.63) is 40.5 Å². The van der Waals surface area contributed by atoms with Crippen molar-refractivity contribution in [2.45, 2.75) is 38.6 Å². The fourth-order valence-electron chi connectivity index (χ4n) is 2.84. The number of hydrogen-bond acceptors (Lipinski definition) is 6. The number of methoxy groups -OCH3 is 1. The fraction of sp³-hybridized carbons (Fsp3) is 0.500. The molecule has 0 aliphatic carbocycles. The number of hydrogen-bond donors (Lipinski definition) is 1. The van der Waals surface area contributed by atoms with Crippen molar-refractivity contribution in [1.29, 1.82) is 0 Å². The van der Waals surface area contributed by atoms with E-state index in [0.29, 0.717) is 5.82 Å². The highest BCUT2D eigenvalue weighted by Crippen LogP contribution is 2.33. The van der Waals surface area contributed by atoms with Gasteiger partial charge in [0.15, 0.2) is 0 Å². The highest BCUT2D eigenvalue weighted by Gasteiger charge is 2.29. The van der Waals surface area contributed by atoms with Gasteiger partial charge in [0.25, 0.3) is 5.56 Å². The number of aromatic nitrogens is 4. The normalized spacial score (nSPS) is 17.7. The van der Waals surface area contributed by atoms with Crippen LogP contribution in [0.15, 0.2) is 23.3 Å². The average molecular weight is 315 g/mol. The predicted octanol–water partition coefficient (Wildman–Crippen LogP) is 2.03. The number of H-pyrrole nitrogens is 1. The summed E-state index contributed by atoms with van der Waals surface area (Å²) in [6, 6.07) is 1.93. The highest BCUT2D eigenvalue weighted by atomic mass is 16.5. The first-order valence-electron chi connectivity index (χ1n) is 7.83. The van der Waals surface area contributed by atoms with Crippen molar-refractivity contribution >= 4 is 5.82 Å². The van der Waals surface area contributed by atoms with E-state index in [-0.39, 0.29) is 23.3 Å². The molecule has 2 aromatic rings.